The summed E-state index contributed by atoms with van der Waals surface area (Å²) in [6.07, 6.45) is 0. The fourth-order valence-electron chi connectivity index (χ4n) is 1.37. The van der Waals surface area contributed by atoms with E-state index < -0.39 is 23.3 Å². The first-order chi connectivity index (χ1) is 12.0. The molecule has 0 fully saturated rings. The second-order valence-electron chi connectivity index (χ2n) is 6.55. The molecular formula is C15H29O6SSi4. The molecule has 0 bridgehead atoms. The van der Waals surface area contributed by atoms with Crippen molar-refractivity contribution in [2.45, 2.75) is 45.7 Å². The Morgan fingerprint density at radius 3 is 2.46 bits per heavy atom. The van der Waals surface area contributed by atoms with Gasteiger partial charge in [-0.25, -0.2) is 4.79 Å². The summed E-state index contributed by atoms with van der Waals surface area (Å²) < 4.78 is 21.5. The predicted molar refractivity (Wildman–Crippen MR) is 112 cm³/mol. The van der Waals surface area contributed by atoms with Gasteiger partial charge in [0.1, 0.15) is 0 Å². The molecule has 0 aromatic rings. The minimum atomic E-state index is -1.65. The third kappa shape index (κ3) is 13.9. The third-order valence-corrected chi connectivity index (χ3v) is 13.8. The Labute approximate surface area is 169 Å². The Kier molecular flexibility index (Phi) is 13.8. The smallest absolute Gasteiger partial charge is 0.335 e. The van der Waals surface area contributed by atoms with E-state index in [1.165, 1.54) is 6.92 Å². The highest BCUT2D eigenvalue weighted by Gasteiger charge is 2.23. The van der Waals surface area contributed by atoms with Gasteiger partial charge in [0, 0.05) is 16.7 Å². The lowest BCUT2D eigenvalue weighted by Crippen LogP contribution is -2.35. The van der Waals surface area contributed by atoms with Gasteiger partial charge in [-0.15, -0.1) is 0 Å². The minimum absolute atomic E-state index is 0.261. The van der Waals surface area contributed by atoms with E-state index in [1.807, 2.05) is 0 Å². The molecule has 0 aromatic carbocycles. The van der Waals surface area contributed by atoms with Crippen LogP contribution in [-0.4, -0.2) is 66.7 Å². The van der Waals surface area contributed by atoms with Crippen LogP contribution in [0.3, 0.4) is 0 Å². The summed E-state index contributed by atoms with van der Waals surface area (Å²) in [5, 5.41) is 0.860. The molecule has 26 heavy (non-hydrogen) atoms. The zero-order chi connectivity index (χ0) is 20.2. The highest BCUT2D eigenvalue weighted by molar-refractivity contribution is 8.00. The number of esters is 2. The van der Waals surface area contributed by atoms with E-state index in [-0.39, 0.29) is 24.3 Å². The molecule has 11 heteroatoms. The van der Waals surface area contributed by atoms with Crippen molar-refractivity contribution in [3.63, 3.8) is 0 Å². The standard InChI is InChI=1S/C15H29O6SSi4/c1-12(2)14(16)18-9-19-15(17)13(3)8-22-10-23-21-26(6,7)11-24-20-25(4)5/h13H,1,8-11H2,2-7H3. The second kappa shape index (κ2) is 13.9. The van der Waals surface area contributed by atoms with Gasteiger partial charge >= 0.3 is 11.9 Å². The van der Waals surface area contributed by atoms with Crippen LogP contribution in [0.2, 0.25) is 31.9 Å². The van der Waals surface area contributed by atoms with Crippen molar-refractivity contribution in [1.82, 2.24) is 0 Å². The van der Waals surface area contributed by atoms with E-state index >= 15 is 0 Å². The molecular weight excluding hydrogens is 421 g/mol. The van der Waals surface area contributed by atoms with Crippen LogP contribution >= 0.6 is 11.8 Å². The van der Waals surface area contributed by atoms with E-state index in [2.05, 4.69) is 32.8 Å². The van der Waals surface area contributed by atoms with Crippen molar-refractivity contribution < 1.29 is 27.3 Å². The van der Waals surface area contributed by atoms with Crippen LogP contribution in [0.15, 0.2) is 12.2 Å². The van der Waals surface area contributed by atoms with E-state index in [0.29, 0.717) is 25.3 Å². The highest BCUT2D eigenvalue weighted by atomic mass is 32.2. The Morgan fingerprint density at radius 2 is 1.88 bits per heavy atom. The van der Waals surface area contributed by atoms with Crippen LogP contribution in [0.25, 0.3) is 0 Å². The molecule has 0 rings (SSSR count). The number of carbonyl (C=O) groups excluding carboxylic acids is 2. The predicted octanol–water partition coefficient (Wildman–Crippen LogP) is 2.62. The van der Waals surface area contributed by atoms with E-state index in [9.17, 15) is 9.59 Å². The number of thioether (sulfide) groups is 1. The van der Waals surface area contributed by atoms with E-state index in [1.54, 1.807) is 18.7 Å². The molecule has 5 radical (unpaired) electrons. The molecule has 147 valence electrons. The van der Waals surface area contributed by atoms with Gasteiger partial charge in [0.25, 0.3) is 0 Å². The molecule has 1 atom stereocenters. The van der Waals surface area contributed by atoms with E-state index in [4.69, 9.17) is 17.7 Å². The Morgan fingerprint density at radius 1 is 1.23 bits per heavy atom. The molecule has 0 aliphatic carbocycles. The molecule has 0 aliphatic rings. The SMILES string of the molecule is C=C(C)C(=O)OCOC(=O)C(C)CSC[Si]O[Si](C)(C)C[Si]O[Si](C)C. The van der Waals surface area contributed by atoms with Gasteiger partial charge in [-0.05, 0) is 38.8 Å². The van der Waals surface area contributed by atoms with E-state index in [0.717, 1.165) is 11.0 Å². The maximum absolute atomic E-state index is 11.8. The fourth-order valence-corrected chi connectivity index (χ4v) is 9.41. The number of hydrogen-bond donors (Lipinski definition) is 0. The largest absolute Gasteiger partial charge is 0.456 e. The lowest BCUT2D eigenvalue weighted by Gasteiger charge is -2.22. The molecule has 0 amide bonds. The van der Waals surface area contributed by atoms with Crippen LogP contribution in [0.5, 0.6) is 0 Å². The molecule has 6 nitrogen and oxygen atoms in total. The van der Waals surface area contributed by atoms with Crippen LogP contribution in [-0.2, 0) is 27.3 Å². The Bertz CT molecular complexity index is 461. The first kappa shape index (κ1) is 25.8. The average Bonchev–Trinajstić information content (AvgIpc) is 2.53. The summed E-state index contributed by atoms with van der Waals surface area (Å²) >= 11 is 1.67. The summed E-state index contributed by atoms with van der Waals surface area (Å²) in [4.78, 5) is 23.0. The van der Waals surface area contributed by atoms with Crippen molar-refractivity contribution in [2.24, 2.45) is 5.92 Å². The fraction of sp³-hybridized carbons (Fsp3) is 0.733. The quantitative estimate of drug-likeness (QED) is 0.133. The molecule has 0 spiro atoms. The zero-order valence-corrected chi connectivity index (χ0v) is 21.3. The molecule has 0 saturated carbocycles. The summed E-state index contributed by atoms with van der Waals surface area (Å²) in [5.74, 6) is -0.552. The molecule has 0 N–H and O–H groups in total. The number of hydrogen-bond acceptors (Lipinski definition) is 7. The number of carbonyl (C=O) groups is 2. The summed E-state index contributed by atoms with van der Waals surface area (Å²) in [6, 6.07) is 0. The molecule has 1 unspecified atom stereocenters. The molecule has 0 saturated heterocycles. The molecule has 0 aromatic heterocycles. The Hall–Kier alpha value is -0.182. The summed E-state index contributed by atoms with van der Waals surface area (Å²) in [5.41, 5.74) is 1.31. The van der Waals surface area contributed by atoms with Gasteiger partial charge in [0.2, 0.25) is 26.3 Å². The first-order valence-electron chi connectivity index (χ1n) is 8.23. The monoisotopic (exact) mass is 449 g/mol. The van der Waals surface area contributed by atoms with Gasteiger partial charge < -0.3 is 17.7 Å². The number of rotatable bonds is 14. The van der Waals surface area contributed by atoms with Crippen molar-refractivity contribution in [3.8, 4) is 0 Å². The normalized spacial score (nSPS) is 12.7. The van der Waals surface area contributed by atoms with Crippen molar-refractivity contribution in [3.05, 3.63) is 12.2 Å². The topological polar surface area (TPSA) is 71.1 Å². The van der Waals surface area contributed by atoms with Crippen LogP contribution in [0, 0.1) is 5.92 Å². The lowest BCUT2D eigenvalue weighted by atomic mass is 10.2. The van der Waals surface area contributed by atoms with Crippen LogP contribution in [0.4, 0.5) is 0 Å². The van der Waals surface area contributed by atoms with Crippen LogP contribution in [0.1, 0.15) is 13.8 Å². The van der Waals surface area contributed by atoms with Gasteiger partial charge in [-0.3, -0.25) is 4.79 Å². The van der Waals surface area contributed by atoms with Gasteiger partial charge in [-0.2, -0.15) is 11.8 Å². The number of ether oxygens (including phenoxy) is 2. The zero-order valence-electron chi connectivity index (χ0n) is 16.5. The summed E-state index contributed by atoms with van der Waals surface area (Å²) in [6.45, 7) is 15.1. The molecule has 0 aliphatic heterocycles. The Balaban J connectivity index is 3.80. The average molecular weight is 450 g/mol. The van der Waals surface area contributed by atoms with Gasteiger partial charge in [-0.1, -0.05) is 13.5 Å². The highest BCUT2D eigenvalue weighted by Crippen LogP contribution is 2.13. The summed E-state index contributed by atoms with van der Waals surface area (Å²) in [7, 11) is -1.30. The second-order valence-corrected chi connectivity index (χ2v) is 17.4. The van der Waals surface area contributed by atoms with Gasteiger partial charge in [0.05, 0.1) is 5.92 Å². The maximum Gasteiger partial charge on any atom is 0.335 e. The van der Waals surface area contributed by atoms with Crippen molar-refractivity contribution in [2.75, 3.05) is 17.9 Å². The first-order valence-corrected chi connectivity index (χ1v) is 17.1. The third-order valence-electron chi connectivity index (χ3n) is 2.79. The minimum Gasteiger partial charge on any atom is -0.456 e. The molecule has 0 heterocycles. The van der Waals surface area contributed by atoms with Gasteiger partial charge in [0.15, 0.2) is 17.4 Å². The lowest BCUT2D eigenvalue weighted by molar-refractivity contribution is -0.166. The van der Waals surface area contributed by atoms with Crippen molar-refractivity contribution in [1.29, 1.82) is 0 Å². The van der Waals surface area contributed by atoms with Crippen LogP contribution < -0.4 is 0 Å². The van der Waals surface area contributed by atoms with Crippen molar-refractivity contribution >= 4 is 60.6 Å². The maximum atomic E-state index is 11.8.